The Balaban J connectivity index is 1.93. The molecule has 3 atom stereocenters. The van der Waals surface area contributed by atoms with Crippen molar-refractivity contribution in [2.24, 2.45) is 5.92 Å². The van der Waals surface area contributed by atoms with E-state index in [1.165, 1.54) is 25.7 Å². The molecule has 1 N–H and O–H groups in total. The zero-order valence-corrected chi connectivity index (χ0v) is 12.6. The van der Waals surface area contributed by atoms with E-state index in [1.54, 1.807) is 4.90 Å². The van der Waals surface area contributed by atoms with E-state index in [2.05, 4.69) is 17.5 Å². The van der Waals surface area contributed by atoms with Crippen molar-refractivity contribution in [3.8, 4) is 12.1 Å². The number of nitriles is 2. The maximum atomic E-state index is 12.6. The Kier molecular flexibility index (Phi) is 6.02. The molecule has 1 aliphatic heterocycles. The third-order valence-electron chi connectivity index (χ3n) is 4.75. The number of amides is 1. The van der Waals surface area contributed by atoms with E-state index >= 15 is 0 Å². The number of hydrogen-bond donors (Lipinski definition) is 1. The van der Waals surface area contributed by atoms with Crippen molar-refractivity contribution in [2.75, 3.05) is 13.1 Å². The van der Waals surface area contributed by atoms with Gasteiger partial charge in [-0.3, -0.25) is 4.79 Å². The molecule has 1 amide bonds. The second-order valence-electron chi connectivity index (χ2n) is 6.09. The summed E-state index contributed by atoms with van der Waals surface area (Å²) < 4.78 is 0. The van der Waals surface area contributed by atoms with Crippen molar-refractivity contribution in [3.63, 3.8) is 0 Å². The van der Waals surface area contributed by atoms with Gasteiger partial charge in [-0.25, -0.2) is 0 Å². The number of carbonyl (C=O) groups excluding carboxylic acids is 1. The van der Waals surface area contributed by atoms with E-state index in [-0.39, 0.29) is 11.9 Å². The van der Waals surface area contributed by atoms with Gasteiger partial charge in [-0.05, 0) is 31.6 Å². The Hall–Kier alpha value is -1.59. The highest BCUT2D eigenvalue weighted by Crippen LogP contribution is 2.32. The molecule has 1 aliphatic carbocycles. The number of hydrogen-bond acceptors (Lipinski definition) is 4. The van der Waals surface area contributed by atoms with E-state index in [0.29, 0.717) is 32.0 Å². The van der Waals surface area contributed by atoms with Gasteiger partial charge >= 0.3 is 0 Å². The Morgan fingerprint density at radius 2 is 1.71 bits per heavy atom. The topological polar surface area (TPSA) is 79.9 Å². The fourth-order valence-electron chi connectivity index (χ4n) is 3.61. The number of nitrogens with one attached hydrogen (secondary N) is 1. The van der Waals surface area contributed by atoms with Crippen LogP contribution >= 0.6 is 0 Å². The van der Waals surface area contributed by atoms with E-state index in [1.807, 2.05) is 0 Å². The number of piperidine rings is 1. The van der Waals surface area contributed by atoms with Crippen LogP contribution in [0.1, 0.15) is 51.4 Å². The summed E-state index contributed by atoms with van der Waals surface area (Å²) in [7, 11) is 0. The highest BCUT2D eigenvalue weighted by molar-refractivity contribution is 5.82. The Morgan fingerprint density at radius 1 is 1.05 bits per heavy atom. The zero-order valence-electron chi connectivity index (χ0n) is 12.6. The highest BCUT2D eigenvalue weighted by Gasteiger charge is 2.35. The van der Waals surface area contributed by atoms with Gasteiger partial charge in [-0.15, -0.1) is 0 Å². The first kappa shape index (κ1) is 15.8. The molecule has 5 heteroatoms. The normalized spacial score (nSPS) is 28.0. The van der Waals surface area contributed by atoms with Gasteiger partial charge in [0.15, 0.2) is 0 Å². The van der Waals surface area contributed by atoms with Crippen molar-refractivity contribution >= 4 is 5.91 Å². The molecule has 1 saturated carbocycles. The summed E-state index contributed by atoms with van der Waals surface area (Å²) in [6.45, 7) is 0.868. The lowest BCUT2D eigenvalue weighted by Crippen LogP contribution is -2.55. The van der Waals surface area contributed by atoms with Gasteiger partial charge in [-0.1, -0.05) is 12.8 Å². The minimum atomic E-state index is -0.123. The average molecular weight is 288 g/mol. The average Bonchev–Trinajstić information content (AvgIpc) is 2.54. The van der Waals surface area contributed by atoms with Crippen LogP contribution < -0.4 is 5.32 Å². The number of nitrogens with zero attached hydrogens (tertiary/aromatic N) is 3. The maximum Gasteiger partial charge on any atom is 0.239 e. The molecule has 2 rings (SSSR count). The Labute approximate surface area is 126 Å². The number of rotatable bonds is 5. The molecular formula is C16H24N4O. The minimum absolute atomic E-state index is 0.0736. The van der Waals surface area contributed by atoms with Crippen LogP contribution in [-0.4, -0.2) is 36.0 Å². The molecular weight excluding hydrogens is 264 g/mol. The SMILES string of the molecule is N#CCCN(CCC#N)C(=O)C1CCC2CCCCC2N1. The highest BCUT2D eigenvalue weighted by atomic mass is 16.2. The molecule has 0 aromatic heterocycles. The van der Waals surface area contributed by atoms with Crippen LogP contribution in [0.15, 0.2) is 0 Å². The zero-order chi connectivity index (χ0) is 15.1. The van der Waals surface area contributed by atoms with Crippen molar-refractivity contribution < 1.29 is 4.79 Å². The number of fused-ring (bicyclic) bond motifs is 1. The molecule has 0 aromatic rings. The summed E-state index contributed by atoms with van der Waals surface area (Å²) in [6.07, 6.45) is 7.69. The van der Waals surface area contributed by atoms with Gasteiger partial charge in [0.25, 0.3) is 0 Å². The molecule has 0 aromatic carbocycles. The van der Waals surface area contributed by atoms with Crippen LogP contribution in [0.3, 0.4) is 0 Å². The summed E-state index contributed by atoms with van der Waals surface area (Å²) in [5, 5.41) is 21.0. The summed E-state index contributed by atoms with van der Waals surface area (Å²) >= 11 is 0. The lowest BCUT2D eigenvalue weighted by molar-refractivity contribution is -0.134. The summed E-state index contributed by atoms with van der Waals surface area (Å²) in [5.41, 5.74) is 0. The fourth-order valence-corrected chi connectivity index (χ4v) is 3.61. The molecule has 114 valence electrons. The van der Waals surface area contributed by atoms with Crippen LogP contribution in [-0.2, 0) is 4.79 Å². The molecule has 2 aliphatic rings. The van der Waals surface area contributed by atoms with Gasteiger partial charge in [0, 0.05) is 19.1 Å². The second kappa shape index (κ2) is 8.00. The molecule has 1 heterocycles. The summed E-state index contributed by atoms with van der Waals surface area (Å²) in [6, 6.07) is 4.52. The van der Waals surface area contributed by atoms with Crippen LogP contribution in [0.25, 0.3) is 0 Å². The molecule has 0 radical (unpaired) electrons. The van der Waals surface area contributed by atoms with Crippen LogP contribution in [0.4, 0.5) is 0 Å². The Bertz CT molecular complexity index is 419. The van der Waals surface area contributed by atoms with Gasteiger partial charge < -0.3 is 10.2 Å². The minimum Gasteiger partial charge on any atom is -0.339 e. The second-order valence-corrected chi connectivity index (χ2v) is 6.09. The fraction of sp³-hybridized carbons (Fsp3) is 0.812. The Morgan fingerprint density at radius 3 is 2.38 bits per heavy atom. The first-order valence-electron chi connectivity index (χ1n) is 8.05. The summed E-state index contributed by atoms with van der Waals surface area (Å²) in [5.74, 6) is 0.805. The lowest BCUT2D eigenvalue weighted by atomic mass is 9.77. The molecule has 21 heavy (non-hydrogen) atoms. The van der Waals surface area contributed by atoms with E-state index in [0.717, 1.165) is 18.8 Å². The maximum absolute atomic E-state index is 12.6. The van der Waals surface area contributed by atoms with Gasteiger partial charge in [0.1, 0.15) is 0 Å². The molecule has 3 unspecified atom stereocenters. The standard InChI is InChI=1S/C16H24N4O/c17-9-3-11-20(12-4-10-18)16(21)15-8-7-13-5-1-2-6-14(13)19-15/h13-15,19H,1-8,11-12H2. The molecule has 5 nitrogen and oxygen atoms in total. The molecule has 0 spiro atoms. The van der Waals surface area contributed by atoms with E-state index in [9.17, 15) is 4.79 Å². The largest absolute Gasteiger partial charge is 0.339 e. The van der Waals surface area contributed by atoms with Crippen LogP contribution in [0.2, 0.25) is 0 Å². The molecule has 2 fully saturated rings. The van der Waals surface area contributed by atoms with E-state index in [4.69, 9.17) is 10.5 Å². The van der Waals surface area contributed by atoms with Crippen LogP contribution in [0, 0.1) is 28.6 Å². The predicted octanol–water partition coefficient (Wildman–Crippen LogP) is 1.95. The monoisotopic (exact) mass is 288 g/mol. The molecule has 0 bridgehead atoms. The van der Waals surface area contributed by atoms with Crippen molar-refractivity contribution in [1.29, 1.82) is 10.5 Å². The first-order chi connectivity index (χ1) is 10.3. The lowest BCUT2D eigenvalue weighted by Gasteiger charge is -2.41. The summed E-state index contributed by atoms with van der Waals surface area (Å²) in [4.78, 5) is 14.3. The number of carbonyl (C=O) groups is 1. The van der Waals surface area contributed by atoms with Crippen molar-refractivity contribution in [1.82, 2.24) is 10.2 Å². The van der Waals surface area contributed by atoms with Gasteiger partial charge in [0.05, 0.1) is 31.0 Å². The third-order valence-corrected chi connectivity index (χ3v) is 4.75. The predicted molar refractivity (Wildman–Crippen MR) is 78.9 cm³/mol. The van der Waals surface area contributed by atoms with Gasteiger partial charge in [0.2, 0.25) is 5.91 Å². The third kappa shape index (κ3) is 4.19. The first-order valence-corrected chi connectivity index (χ1v) is 8.05. The van der Waals surface area contributed by atoms with Crippen molar-refractivity contribution in [2.45, 2.75) is 63.5 Å². The quantitative estimate of drug-likeness (QED) is 0.838. The van der Waals surface area contributed by atoms with Crippen molar-refractivity contribution in [3.05, 3.63) is 0 Å². The molecule has 1 saturated heterocycles. The smallest absolute Gasteiger partial charge is 0.239 e. The van der Waals surface area contributed by atoms with Crippen LogP contribution in [0.5, 0.6) is 0 Å². The van der Waals surface area contributed by atoms with E-state index < -0.39 is 0 Å². The van der Waals surface area contributed by atoms with Gasteiger partial charge in [-0.2, -0.15) is 10.5 Å².